The minimum atomic E-state index is -0.326. The molecule has 2 heterocycles. The molecule has 0 atom stereocenters. The van der Waals surface area contributed by atoms with Crippen LogP contribution >= 0.6 is 23.1 Å². The molecule has 94 valence electrons. The fourth-order valence-corrected chi connectivity index (χ4v) is 2.66. The van der Waals surface area contributed by atoms with Crippen LogP contribution in [0.4, 0.5) is 5.13 Å². The van der Waals surface area contributed by atoms with Gasteiger partial charge in [0.25, 0.3) is 5.91 Å². The smallest absolute Gasteiger partial charge is 0.293 e. The van der Waals surface area contributed by atoms with Gasteiger partial charge in [-0.05, 0) is 19.1 Å². The summed E-state index contributed by atoms with van der Waals surface area (Å²) in [5.41, 5.74) is 1.07. The van der Waals surface area contributed by atoms with Crippen LogP contribution in [0.1, 0.15) is 17.5 Å². The first-order chi connectivity index (χ1) is 8.65. The van der Waals surface area contributed by atoms with Crippen LogP contribution in [0.15, 0.2) is 39.3 Å². The maximum atomic E-state index is 11.7. The van der Waals surface area contributed by atoms with E-state index in [1.807, 2.05) is 6.92 Å². The molecule has 2 rings (SSSR count). The molecule has 0 spiro atoms. The molecule has 0 saturated carbocycles. The van der Waals surface area contributed by atoms with Crippen LogP contribution < -0.4 is 5.32 Å². The molecule has 2 aromatic heterocycles. The van der Waals surface area contributed by atoms with Gasteiger partial charge in [-0.1, -0.05) is 35.3 Å². The maximum Gasteiger partial charge on any atom is 0.293 e. The van der Waals surface area contributed by atoms with Crippen LogP contribution in [0.5, 0.6) is 0 Å². The second-order valence-electron chi connectivity index (χ2n) is 3.55. The summed E-state index contributed by atoms with van der Waals surface area (Å²) < 4.78 is 5.78. The third kappa shape index (κ3) is 3.44. The van der Waals surface area contributed by atoms with Crippen LogP contribution in [0.2, 0.25) is 0 Å². The molecular formula is C11H11N3O2S2. The lowest BCUT2D eigenvalue weighted by Gasteiger charge is -1.96. The Balaban J connectivity index is 1.94. The van der Waals surface area contributed by atoms with Crippen LogP contribution in [-0.4, -0.2) is 21.9 Å². The number of furan rings is 1. The van der Waals surface area contributed by atoms with E-state index in [0.717, 1.165) is 15.7 Å². The van der Waals surface area contributed by atoms with Gasteiger partial charge in [0, 0.05) is 5.75 Å². The monoisotopic (exact) mass is 281 g/mol. The number of nitrogens with one attached hydrogen (secondary N) is 1. The molecule has 2 aromatic rings. The van der Waals surface area contributed by atoms with Crippen LogP contribution in [0.25, 0.3) is 0 Å². The van der Waals surface area contributed by atoms with Gasteiger partial charge in [0.15, 0.2) is 10.1 Å². The van der Waals surface area contributed by atoms with Crippen LogP contribution in [0.3, 0.4) is 0 Å². The molecule has 0 aliphatic heterocycles. The number of hydrogen-bond donors (Lipinski definition) is 1. The topological polar surface area (TPSA) is 68.0 Å². The second-order valence-corrected chi connectivity index (χ2v) is 5.75. The average molecular weight is 281 g/mol. The number of amides is 1. The molecule has 0 aliphatic rings. The zero-order valence-electron chi connectivity index (χ0n) is 9.67. The average Bonchev–Trinajstić information content (AvgIpc) is 2.97. The van der Waals surface area contributed by atoms with Gasteiger partial charge in [-0.15, -0.1) is 10.2 Å². The van der Waals surface area contributed by atoms with E-state index in [9.17, 15) is 4.79 Å². The number of carbonyl (C=O) groups is 1. The number of rotatable bonds is 5. The summed E-state index contributed by atoms with van der Waals surface area (Å²) in [7, 11) is 0. The molecule has 18 heavy (non-hydrogen) atoms. The predicted octanol–water partition coefficient (Wildman–Crippen LogP) is 3.05. The van der Waals surface area contributed by atoms with E-state index in [-0.39, 0.29) is 11.7 Å². The summed E-state index contributed by atoms with van der Waals surface area (Å²) in [5, 5.41) is 10.9. The molecule has 0 fully saturated rings. The van der Waals surface area contributed by atoms with Crippen molar-refractivity contribution in [2.45, 2.75) is 11.3 Å². The highest BCUT2D eigenvalue weighted by molar-refractivity contribution is 8.01. The molecule has 0 unspecified atom stereocenters. The Hall–Kier alpha value is -1.60. The minimum Gasteiger partial charge on any atom is -0.459 e. The second kappa shape index (κ2) is 5.83. The first-order valence-corrected chi connectivity index (χ1v) is 6.91. The number of carbonyl (C=O) groups excluding carboxylic acids is 1. The third-order valence-corrected chi connectivity index (χ3v) is 4.02. The lowest BCUT2D eigenvalue weighted by atomic mass is 10.4. The van der Waals surface area contributed by atoms with E-state index < -0.39 is 0 Å². The molecule has 0 radical (unpaired) electrons. The Bertz CT molecular complexity index is 548. The summed E-state index contributed by atoms with van der Waals surface area (Å²) >= 11 is 2.87. The summed E-state index contributed by atoms with van der Waals surface area (Å²) in [6.07, 6.45) is 1.45. The first kappa shape index (κ1) is 12.8. The van der Waals surface area contributed by atoms with Gasteiger partial charge < -0.3 is 4.42 Å². The van der Waals surface area contributed by atoms with Gasteiger partial charge in [-0.25, -0.2) is 0 Å². The highest BCUT2D eigenvalue weighted by atomic mass is 32.2. The number of anilines is 1. The van der Waals surface area contributed by atoms with Crippen molar-refractivity contribution in [3.8, 4) is 0 Å². The summed E-state index contributed by atoms with van der Waals surface area (Å²) in [4.78, 5) is 11.7. The molecule has 0 saturated heterocycles. The van der Waals surface area contributed by atoms with Gasteiger partial charge in [-0.2, -0.15) is 0 Å². The SMILES string of the molecule is C=C(C)CSc1nnc(NC(=O)c2ccco2)s1. The molecule has 0 aliphatic carbocycles. The lowest BCUT2D eigenvalue weighted by Crippen LogP contribution is -2.10. The van der Waals surface area contributed by atoms with E-state index >= 15 is 0 Å². The maximum absolute atomic E-state index is 11.7. The van der Waals surface area contributed by atoms with Gasteiger partial charge in [-0.3, -0.25) is 10.1 Å². The van der Waals surface area contributed by atoms with Crippen molar-refractivity contribution in [3.05, 3.63) is 36.3 Å². The molecular weight excluding hydrogens is 270 g/mol. The van der Waals surface area contributed by atoms with Crippen LogP contribution in [0, 0.1) is 0 Å². The van der Waals surface area contributed by atoms with Gasteiger partial charge in [0.2, 0.25) is 5.13 Å². The fourth-order valence-electron chi connectivity index (χ4n) is 1.07. The Morgan fingerprint density at radius 3 is 3.11 bits per heavy atom. The highest BCUT2D eigenvalue weighted by Gasteiger charge is 2.12. The quantitative estimate of drug-likeness (QED) is 0.518. The number of aromatic nitrogens is 2. The number of nitrogens with zero attached hydrogens (tertiary/aromatic N) is 2. The molecule has 0 aromatic carbocycles. The summed E-state index contributed by atoms with van der Waals surface area (Å²) in [6, 6.07) is 3.25. The summed E-state index contributed by atoms with van der Waals surface area (Å²) in [6.45, 7) is 5.76. The molecule has 5 nitrogen and oxygen atoms in total. The molecule has 1 amide bonds. The lowest BCUT2D eigenvalue weighted by molar-refractivity contribution is 0.0996. The summed E-state index contributed by atoms with van der Waals surface area (Å²) in [5.74, 6) is 0.717. The van der Waals surface area contributed by atoms with Crippen molar-refractivity contribution in [2.24, 2.45) is 0 Å². The Morgan fingerprint density at radius 1 is 1.61 bits per heavy atom. The van der Waals surface area contributed by atoms with Gasteiger partial charge >= 0.3 is 0 Å². The van der Waals surface area contributed by atoms with E-state index in [1.54, 1.807) is 23.9 Å². The van der Waals surface area contributed by atoms with Crippen molar-refractivity contribution in [1.82, 2.24) is 10.2 Å². The Labute approximate surface area is 112 Å². The number of hydrogen-bond acceptors (Lipinski definition) is 6. The van der Waals surface area contributed by atoms with E-state index in [2.05, 4.69) is 22.1 Å². The van der Waals surface area contributed by atoms with E-state index in [0.29, 0.717) is 5.13 Å². The largest absolute Gasteiger partial charge is 0.459 e. The third-order valence-electron chi connectivity index (χ3n) is 1.81. The Kier molecular flexibility index (Phi) is 4.16. The highest BCUT2D eigenvalue weighted by Crippen LogP contribution is 2.26. The molecule has 0 bridgehead atoms. The minimum absolute atomic E-state index is 0.251. The normalized spacial score (nSPS) is 10.3. The fraction of sp³-hybridized carbons (Fsp3) is 0.182. The Morgan fingerprint density at radius 2 is 2.44 bits per heavy atom. The van der Waals surface area contributed by atoms with Gasteiger partial charge in [0.05, 0.1) is 6.26 Å². The van der Waals surface area contributed by atoms with E-state index in [1.165, 1.54) is 17.6 Å². The molecule has 7 heteroatoms. The van der Waals surface area contributed by atoms with Gasteiger partial charge in [0.1, 0.15) is 0 Å². The van der Waals surface area contributed by atoms with Crippen molar-refractivity contribution < 1.29 is 9.21 Å². The van der Waals surface area contributed by atoms with Crippen LogP contribution in [-0.2, 0) is 0 Å². The van der Waals surface area contributed by atoms with Crippen molar-refractivity contribution in [2.75, 3.05) is 11.1 Å². The van der Waals surface area contributed by atoms with Crippen molar-refractivity contribution in [1.29, 1.82) is 0 Å². The molecule has 1 N–H and O–H groups in total. The predicted molar refractivity (Wildman–Crippen MR) is 72.1 cm³/mol. The number of thioether (sulfide) groups is 1. The zero-order chi connectivity index (χ0) is 13.0. The van der Waals surface area contributed by atoms with E-state index in [4.69, 9.17) is 4.42 Å². The zero-order valence-corrected chi connectivity index (χ0v) is 11.3. The standard InChI is InChI=1S/C11H11N3O2S2/c1-7(2)6-17-11-14-13-10(18-11)12-9(15)8-4-3-5-16-8/h3-5H,1,6H2,2H3,(H,12,13,15). The van der Waals surface area contributed by atoms with Crippen molar-refractivity contribution in [3.63, 3.8) is 0 Å². The first-order valence-electron chi connectivity index (χ1n) is 5.10. The van der Waals surface area contributed by atoms with Crippen molar-refractivity contribution >= 4 is 34.1 Å².